The second-order valence-corrected chi connectivity index (χ2v) is 9.49. The summed E-state index contributed by atoms with van der Waals surface area (Å²) < 4.78 is 6.48. The predicted molar refractivity (Wildman–Crippen MR) is 129 cm³/mol. The van der Waals surface area contributed by atoms with E-state index in [1.54, 1.807) is 6.07 Å². The fourth-order valence-corrected chi connectivity index (χ4v) is 4.55. The maximum atomic E-state index is 12.6. The zero-order valence-electron chi connectivity index (χ0n) is 20.0. The van der Waals surface area contributed by atoms with E-state index in [0.29, 0.717) is 17.9 Å². The summed E-state index contributed by atoms with van der Waals surface area (Å²) in [5.74, 6) is 1.05. The molecule has 1 N–H and O–H groups in total. The number of hydrogen-bond donors (Lipinski definition) is 1. The molecule has 5 heteroatoms. The highest BCUT2D eigenvalue weighted by atomic mass is 17.2. The van der Waals surface area contributed by atoms with Crippen LogP contribution < -0.4 is 9.62 Å². The van der Waals surface area contributed by atoms with Gasteiger partial charge < -0.3 is 9.84 Å². The molecule has 1 unspecified atom stereocenters. The standard InChI is InChI=1S/C28H32O5/c1-17(27(30)33-32-24-12-8-10-21-9-6-7-11-23(21)24)13-15-28(5)16-14-22-20(4)25(29)18(2)19(3)26(22)31-28/h6-12,17,29H,13-16H2,1-5H3/t17?,28-/m1/s1. The number of hydrogen-bond acceptors (Lipinski definition) is 5. The van der Waals surface area contributed by atoms with E-state index in [0.717, 1.165) is 58.0 Å². The van der Waals surface area contributed by atoms with E-state index >= 15 is 0 Å². The van der Waals surface area contributed by atoms with Crippen LogP contribution in [0, 0.1) is 26.7 Å². The summed E-state index contributed by atoms with van der Waals surface area (Å²) in [4.78, 5) is 23.2. The third-order valence-electron chi connectivity index (χ3n) is 7.06. The minimum atomic E-state index is -0.393. The maximum Gasteiger partial charge on any atom is 0.358 e. The Labute approximate surface area is 195 Å². The van der Waals surface area contributed by atoms with Gasteiger partial charge in [-0.25, -0.2) is 4.79 Å². The van der Waals surface area contributed by atoms with Crippen molar-refractivity contribution in [1.29, 1.82) is 0 Å². The van der Waals surface area contributed by atoms with Gasteiger partial charge in [-0.3, -0.25) is 9.78 Å². The lowest BCUT2D eigenvalue weighted by Crippen LogP contribution is -2.38. The molecule has 0 radical (unpaired) electrons. The number of fused-ring (bicyclic) bond motifs is 2. The number of carbonyl (C=O) groups excluding carboxylic acids is 1. The third-order valence-corrected chi connectivity index (χ3v) is 7.06. The first-order valence-corrected chi connectivity index (χ1v) is 11.6. The van der Waals surface area contributed by atoms with Crippen LogP contribution in [0.2, 0.25) is 0 Å². The Balaban J connectivity index is 1.37. The lowest BCUT2D eigenvalue weighted by molar-refractivity contribution is -0.218. The fraction of sp³-hybridized carbons (Fsp3) is 0.393. The molecule has 2 atom stereocenters. The Hall–Kier alpha value is -3.21. The Kier molecular flexibility index (Phi) is 6.24. The van der Waals surface area contributed by atoms with Gasteiger partial charge in [0.25, 0.3) is 0 Å². The minimum absolute atomic E-state index is 0.328. The van der Waals surface area contributed by atoms with E-state index in [9.17, 15) is 9.90 Å². The normalized spacial score (nSPS) is 18.3. The number of aromatic hydroxyl groups is 1. The zero-order chi connectivity index (χ0) is 23.8. The lowest BCUT2D eigenvalue weighted by atomic mass is 9.84. The van der Waals surface area contributed by atoms with Gasteiger partial charge in [0, 0.05) is 10.9 Å². The third kappa shape index (κ3) is 4.50. The van der Waals surface area contributed by atoms with Crippen LogP contribution >= 0.6 is 0 Å². The van der Waals surface area contributed by atoms with Crippen LogP contribution in [0.25, 0.3) is 10.8 Å². The summed E-state index contributed by atoms with van der Waals surface area (Å²) in [6.07, 6.45) is 3.01. The number of ether oxygens (including phenoxy) is 1. The van der Waals surface area contributed by atoms with Gasteiger partial charge >= 0.3 is 5.97 Å². The van der Waals surface area contributed by atoms with Gasteiger partial charge in [0.1, 0.15) is 17.1 Å². The number of phenols is 1. The van der Waals surface area contributed by atoms with Gasteiger partial charge in [0.15, 0.2) is 5.75 Å². The maximum absolute atomic E-state index is 12.6. The van der Waals surface area contributed by atoms with Crippen molar-refractivity contribution in [3.8, 4) is 17.2 Å². The second-order valence-electron chi connectivity index (χ2n) is 9.49. The molecule has 0 amide bonds. The van der Waals surface area contributed by atoms with E-state index in [1.807, 2.05) is 64.1 Å². The van der Waals surface area contributed by atoms with Crippen LogP contribution in [0.4, 0.5) is 0 Å². The van der Waals surface area contributed by atoms with Crippen molar-refractivity contribution < 1.29 is 24.4 Å². The molecule has 3 aromatic carbocycles. The average molecular weight is 449 g/mol. The van der Waals surface area contributed by atoms with Gasteiger partial charge in [0.05, 0.1) is 5.92 Å². The fourth-order valence-electron chi connectivity index (χ4n) is 4.55. The first-order chi connectivity index (χ1) is 15.7. The van der Waals surface area contributed by atoms with Crippen LogP contribution in [0.15, 0.2) is 42.5 Å². The molecule has 1 aliphatic rings. The van der Waals surface area contributed by atoms with Crippen LogP contribution in [0.3, 0.4) is 0 Å². The molecule has 1 aliphatic heterocycles. The zero-order valence-corrected chi connectivity index (χ0v) is 20.0. The first kappa shape index (κ1) is 23.0. The number of benzene rings is 3. The molecular formula is C28H32O5. The summed E-state index contributed by atoms with van der Waals surface area (Å²) in [6.45, 7) is 9.80. The highest BCUT2D eigenvalue weighted by Crippen LogP contribution is 2.44. The van der Waals surface area contributed by atoms with E-state index in [-0.39, 0.29) is 11.5 Å². The van der Waals surface area contributed by atoms with Gasteiger partial charge in [-0.2, -0.15) is 0 Å². The van der Waals surface area contributed by atoms with Crippen LogP contribution in [0.5, 0.6) is 17.2 Å². The van der Waals surface area contributed by atoms with Gasteiger partial charge in [-0.1, -0.05) is 43.3 Å². The molecule has 0 saturated carbocycles. The molecule has 0 fully saturated rings. The van der Waals surface area contributed by atoms with Crippen LogP contribution in [0.1, 0.15) is 55.4 Å². The Bertz CT molecular complexity index is 1190. The van der Waals surface area contributed by atoms with Gasteiger partial charge in [-0.05, 0) is 81.5 Å². The Morgan fingerprint density at radius 2 is 1.82 bits per heavy atom. The van der Waals surface area contributed by atoms with Crippen molar-refractivity contribution in [3.63, 3.8) is 0 Å². The smallest absolute Gasteiger partial charge is 0.358 e. The SMILES string of the molecule is Cc1c(C)c2c(c(C)c1O)CC[C@@](C)(CCC(C)C(=O)OOc1cccc3ccccc13)O2. The molecule has 0 aliphatic carbocycles. The molecule has 4 rings (SSSR count). The van der Waals surface area contributed by atoms with Gasteiger partial charge in [0.2, 0.25) is 0 Å². The quantitative estimate of drug-likeness (QED) is 0.344. The van der Waals surface area contributed by atoms with Crippen LogP contribution in [-0.4, -0.2) is 16.7 Å². The van der Waals surface area contributed by atoms with Crippen LogP contribution in [-0.2, 0) is 16.1 Å². The first-order valence-electron chi connectivity index (χ1n) is 11.6. The van der Waals surface area contributed by atoms with E-state index in [1.165, 1.54) is 0 Å². The van der Waals surface area contributed by atoms with E-state index in [4.69, 9.17) is 14.5 Å². The van der Waals surface area contributed by atoms with E-state index < -0.39 is 5.97 Å². The largest absolute Gasteiger partial charge is 0.507 e. The van der Waals surface area contributed by atoms with Crippen molar-refractivity contribution in [1.82, 2.24) is 0 Å². The second kappa shape index (κ2) is 8.97. The highest BCUT2D eigenvalue weighted by Gasteiger charge is 2.35. The molecule has 0 bridgehead atoms. The summed E-state index contributed by atoms with van der Waals surface area (Å²) in [5, 5.41) is 12.3. The van der Waals surface area contributed by atoms with Crippen molar-refractivity contribution >= 4 is 16.7 Å². The summed E-state index contributed by atoms with van der Waals surface area (Å²) >= 11 is 0. The van der Waals surface area contributed by atoms with Crippen molar-refractivity contribution in [2.24, 2.45) is 5.92 Å². The molecule has 174 valence electrons. The Morgan fingerprint density at radius 1 is 1.09 bits per heavy atom. The lowest BCUT2D eigenvalue weighted by Gasteiger charge is -2.38. The number of phenolic OH excluding ortho intramolecular Hbond substituents is 1. The number of carbonyl (C=O) groups is 1. The minimum Gasteiger partial charge on any atom is -0.507 e. The van der Waals surface area contributed by atoms with Crippen molar-refractivity contribution in [3.05, 3.63) is 64.7 Å². The van der Waals surface area contributed by atoms with Crippen molar-refractivity contribution in [2.75, 3.05) is 0 Å². The highest BCUT2D eigenvalue weighted by molar-refractivity contribution is 5.88. The van der Waals surface area contributed by atoms with E-state index in [2.05, 4.69) is 6.92 Å². The van der Waals surface area contributed by atoms with Gasteiger partial charge in [-0.15, -0.1) is 0 Å². The topological polar surface area (TPSA) is 65.0 Å². The average Bonchev–Trinajstić information content (AvgIpc) is 2.83. The molecule has 3 aromatic rings. The molecule has 5 nitrogen and oxygen atoms in total. The molecule has 33 heavy (non-hydrogen) atoms. The number of rotatable bonds is 6. The monoisotopic (exact) mass is 448 g/mol. The molecular weight excluding hydrogens is 416 g/mol. The molecule has 0 aromatic heterocycles. The van der Waals surface area contributed by atoms with Crippen molar-refractivity contribution in [2.45, 2.75) is 65.9 Å². The molecule has 0 spiro atoms. The summed E-state index contributed by atoms with van der Waals surface area (Å²) in [5.41, 5.74) is 3.45. The predicted octanol–water partition coefficient (Wildman–Crippen LogP) is 6.51. The molecule has 0 saturated heterocycles. The summed E-state index contributed by atoms with van der Waals surface area (Å²) in [7, 11) is 0. The Morgan fingerprint density at radius 3 is 2.61 bits per heavy atom. The summed E-state index contributed by atoms with van der Waals surface area (Å²) in [6, 6.07) is 13.5. The molecule has 1 heterocycles.